The van der Waals surface area contributed by atoms with Crippen molar-refractivity contribution >= 4 is 40.6 Å². The fraction of sp³-hybridized carbons (Fsp3) is 0.176. The van der Waals surface area contributed by atoms with Crippen molar-refractivity contribution < 1.29 is 14.3 Å². The van der Waals surface area contributed by atoms with Gasteiger partial charge in [0.15, 0.2) is 6.10 Å². The maximum Gasteiger partial charge on any atom is 0.221 e. The molecule has 0 heterocycles. The zero-order chi connectivity index (χ0) is 17.0. The van der Waals surface area contributed by atoms with Gasteiger partial charge in [-0.15, -0.1) is 0 Å². The van der Waals surface area contributed by atoms with Gasteiger partial charge in [0.25, 0.3) is 0 Å². The van der Waals surface area contributed by atoms with Crippen LogP contribution in [0.5, 0.6) is 5.75 Å². The van der Waals surface area contributed by atoms with E-state index in [-0.39, 0.29) is 11.7 Å². The average Bonchev–Trinajstić information content (AvgIpc) is 2.49. The van der Waals surface area contributed by atoms with Gasteiger partial charge < -0.3 is 10.1 Å². The van der Waals surface area contributed by atoms with Crippen LogP contribution in [0.25, 0.3) is 0 Å². The minimum atomic E-state index is -0.708. The highest BCUT2D eigenvalue weighted by atomic mass is 35.5. The molecule has 0 aliphatic heterocycles. The fourth-order valence-electron chi connectivity index (χ4n) is 1.97. The van der Waals surface area contributed by atoms with E-state index < -0.39 is 6.10 Å². The summed E-state index contributed by atoms with van der Waals surface area (Å²) in [5.41, 5.74) is 1.11. The van der Waals surface area contributed by atoms with Crippen LogP contribution in [0.15, 0.2) is 42.5 Å². The fourth-order valence-corrected chi connectivity index (χ4v) is 2.42. The highest BCUT2D eigenvalue weighted by molar-refractivity contribution is 6.35. The van der Waals surface area contributed by atoms with Crippen molar-refractivity contribution in [3.05, 3.63) is 58.1 Å². The number of rotatable bonds is 5. The van der Waals surface area contributed by atoms with E-state index in [9.17, 15) is 9.59 Å². The standard InChI is InChI=1S/C17H15Cl2NO3/c1-10(23-16-8-5-13(18)9-15(16)19)17(22)12-3-6-14(7-4-12)20-11(2)21/h3-10H,1-2H3,(H,20,21)/t10-/m0/s1. The largest absolute Gasteiger partial charge is 0.481 e. The van der Waals surface area contributed by atoms with E-state index >= 15 is 0 Å². The molecule has 0 aromatic heterocycles. The molecule has 0 saturated carbocycles. The van der Waals surface area contributed by atoms with E-state index in [0.29, 0.717) is 27.0 Å². The Morgan fingerprint density at radius 2 is 1.74 bits per heavy atom. The SMILES string of the molecule is CC(=O)Nc1ccc(C(=O)[C@H](C)Oc2ccc(Cl)cc2Cl)cc1. The molecule has 1 N–H and O–H groups in total. The summed E-state index contributed by atoms with van der Waals surface area (Å²) in [6.07, 6.45) is -0.708. The molecule has 1 amide bonds. The van der Waals surface area contributed by atoms with Gasteiger partial charge in [0, 0.05) is 23.2 Å². The normalized spacial score (nSPS) is 11.7. The van der Waals surface area contributed by atoms with E-state index in [2.05, 4.69) is 5.32 Å². The number of carbonyl (C=O) groups is 2. The molecule has 0 aliphatic rings. The Bertz CT molecular complexity index is 729. The highest BCUT2D eigenvalue weighted by Crippen LogP contribution is 2.28. The number of amides is 1. The number of ether oxygens (including phenoxy) is 1. The minimum Gasteiger partial charge on any atom is -0.481 e. The molecule has 0 bridgehead atoms. The predicted molar refractivity (Wildman–Crippen MR) is 91.6 cm³/mol. The zero-order valence-corrected chi connectivity index (χ0v) is 14.1. The molecule has 1 atom stereocenters. The molecule has 2 aromatic rings. The summed E-state index contributed by atoms with van der Waals surface area (Å²) in [5.74, 6) is 0.0373. The van der Waals surface area contributed by atoms with Crippen LogP contribution in [0.2, 0.25) is 10.0 Å². The Kier molecular flexibility index (Phi) is 5.64. The molecule has 2 rings (SSSR count). The van der Waals surface area contributed by atoms with Gasteiger partial charge in [-0.25, -0.2) is 0 Å². The lowest BCUT2D eigenvalue weighted by molar-refractivity contribution is -0.114. The molecule has 0 aliphatic carbocycles. The molecule has 23 heavy (non-hydrogen) atoms. The summed E-state index contributed by atoms with van der Waals surface area (Å²) in [4.78, 5) is 23.4. The first-order valence-corrected chi connectivity index (χ1v) is 7.66. The van der Waals surface area contributed by atoms with Crippen molar-refractivity contribution in [3.63, 3.8) is 0 Å². The van der Waals surface area contributed by atoms with Crippen molar-refractivity contribution in [3.8, 4) is 5.75 Å². The minimum absolute atomic E-state index is 0.168. The predicted octanol–water partition coefficient (Wildman–Crippen LogP) is 4.60. The first kappa shape index (κ1) is 17.3. The quantitative estimate of drug-likeness (QED) is 0.800. The second kappa shape index (κ2) is 7.49. The molecular formula is C17H15Cl2NO3. The second-order valence-corrected chi connectivity index (χ2v) is 5.80. The van der Waals surface area contributed by atoms with Crippen LogP contribution in [0.4, 0.5) is 5.69 Å². The Morgan fingerprint density at radius 3 is 2.30 bits per heavy atom. The van der Waals surface area contributed by atoms with Gasteiger partial charge in [-0.3, -0.25) is 9.59 Å². The second-order valence-electron chi connectivity index (χ2n) is 4.96. The number of ketones is 1. The van der Waals surface area contributed by atoms with Gasteiger partial charge in [0.05, 0.1) is 5.02 Å². The third-order valence-corrected chi connectivity index (χ3v) is 3.59. The first-order chi connectivity index (χ1) is 10.9. The van der Waals surface area contributed by atoms with Gasteiger partial charge in [-0.05, 0) is 49.4 Å². The number of benzene rings is 2. The molecule has 0 unspecified atom stereocenters. The summed E-state index contributed by atoms with van der Waals surface area (Å²) >= 11 is 11.9. The summed E-state index contributed by atoms with van der Waals surface area (Å²) in [7, 11) is 0. The van der Waals surface area contributed by atoms with Crippen LogP contribution in [0.1, 0.15) is 24.2 Å². The Morgan fingerprint density at radius 1 is 1.09 bits per heavy atom. The molecule has 4 nitrogen and oxygen atoms in total. The number of Topliss-reactive ketones (excluding diaryl/α,β-unsaturated/α-hetero) is 1. The van der Waals surface area contributed by atoms with Crippen molar-refractivity contribution in [1.29, 1.82) is 0 Å². The van der Waals surface area contributed by atoms with Crippen LogP contribution in [-0.4, -0.2) is 17.8 Å². The van der Waals surface area contributed by atoms with Crippen molar-refractivity contribution in [2.24, 2.45) is 0 Å². The number of hydrogen-bond donors (Lipinski definition) is 1. The highest BCUT2D eigenvalue weighted by Gasteiger charge is 2.18. The van der Waals surface area contributed by atoms with E-state index in [4.69, 9.17) is 27.9 Å². The Balaban J connectivity index is 2.08. The molecule has 120 valence electrons. The van der Waals surface area contributed by atoms with Crippen molar-refractivity contribution in [2.45, 2.75) is 20.0 Å². The Hall–Kier alpha value is -2.04. The molecule has 0 radical (unpaired) electrons. The van der Waals surface area contributed by atoms with E-state index in [1.165, 1.54) is 6.92 Å². The van der Waals surface area contributed by atoms with Gasteiger partial charge >= 0.3 is 0 Å². The smallest absolute Gasteiger partial charge is 0.221 e. The van der Waals surface area contributed by atoms with Gasteiger partial charge in [0.1, 0.15) is 5.75 Å². The molecular weight excluding hydrogens is 337 g/mol. The van der Waals surface area contributed by atoms with E-state index in [1.807, 2.05) is 0 Å². The molecule has 6 heteroatoms. The number of carbonyl (C=O) groups excluding carboxylic acids is 2. The summed E-state index contributed by atoms with van der Waals surface area (Å²) in [6, 6.07) is 11.4. The van der Waals surface area contributed by atoms with Crippen molar-refractivity contribution in [1.82, 2.24) is 0 Å². The lowest BCUT2D eigenvalue weighted by atomic mass is 10.1. The summed E-state index contributed by atoms with van der Waals surface area (Å²) in [6.45, 7) is 3.07. The molecule has 0 saturated heterocycles. The average molecular weight is 352 g/mol. The number of nitrogens with one attached hydrogen (secondary N) is 1. The topological polar surface area (TPSA) is 55.4 Å². The van der Waals surface area contributed by atoms with Gasteiger partial charge in [-0.2, -0.15) is 0 Å². The van der Waals surface area contributed by atoms with Crippen LogP contribution < -0.4 is 10.1 Å². The third kappa shape index (κ3) is 4.71. The lowest BCUT2D eigenvalue weighted by Crippen LogP contribution is -2.24. The summed E-state index contributed by atoms with van der Waals surface area (Å²) < 4.78 is 5.60. The number of anilines is 1. The monoisotopic (exact) mass is 351 g/mol. The maximum atomic E-state index is 12.4. The van der Waals surface area contributed by atoms with Crippen LogP contribution in [0.3, 0.4) is 0 Å². The third-order valence-electron chi connectivity index (χ3n) is 3.06. The maximum absolute atomic E-state index is 12.4. The van der Waals surface area contributed by atoms with Crippen molar-refractivity contribution in [2.75, 3.05) is 5.32 Å². The van der Waals surface area contributed by atoms with E-state index in [1.54, 1.807) is 49.4 Å². The zero-order valence-electron chi connectivity index (χ0n) is 12.6. The lowest BCUT2D eigenvalue weighted by Gasteiger charge is -2.15. The number of halogens is 2. The first-order valence-electron chi connectivity index (χ1n) is 6.90. The molecule has 2 aromatic carbocycles. The van der Waals surface area contributed by atoms with Crippen LogP contribution >= 0.6 is 23.2 Å². The van der Waals surface area contributed by atoms with Crippen LogP contribution in [-0.2, 0) is 4.79 Å². The van der Waals surface area contributed by atoms with Gasteiger partial charge in [0.2, 0.25) is 11.7 Å². The molecule has 0 spiro atoms. The van der Waals surface area contributed by atoms with Gasteiger partial charge in [-0.1, -0.05) is 23.2 Å². The Labute approximate surface area is 144 Å². The van der Waals surface area contributed by atoms with Crippen LogP contribution in [0, 0.1) is 0 Å². The summed E-state index contributed by atoms with van der Waals surface area (Å²) in [5, 5.41) is 3.48. The number of hydrogen-bond acceptors (Lipinski definition) is 3. The van der Waals surface area contributed by atoms with E-state index in [0.717, 1.165) is 0 Å². The molecule has 0 fully saturated rings.